The van der Waals surface area contributed by atoms with E-state index in [4.69, 9.17) is 12.2 Å². The summed E-state index contributed by atoms with van der Waals surface area (Å²) in [4.78, 5) is 5.80. The number of thiocarbonyl (C=S) groups is 1. The molecule has 0 bridgehead atoms. The first kappa shape index (κ1) is 15.1. The summed E-state index contributed by atoms with van der Waals surface area (Å²) >= 11 is 5.06. The lowest BCUT2D eigenvalue weighted by Gasteiger charge is -2.11. The molecule has 0 radical (unpaired) electrons. The van der Waals surface area contributed by atoms with Crippen molar-refractivity contribution in [3.05, 3.63) is 35.9 Å². The van der Waals surface area contributed by atoms with Crippen LogP contribution in [0.1, 0.15) is 5.69 Å². The fourth-order valence-corrected chi connectivity index (χ4v) is 1.90. The zero-order valence-electron chi connectivity index (χ0n) is 12.0. The predicted molar refractivity (Wildman–Crippen MR) is 88.3 cm³/mol. The van der Waals surface area contributed by atoms with E-state index >= 15 is 0 Å². The molecule has 1 heterocycles. The summed E-state index contributed by atoms with van der Waals surface area (Å²) in [5.41, 5.74) is 3.99. The molecule has 1 aromatic carbocycles. The summed E-state index contributed by atoms with van der Waals surface area (Å²) in [7, 11) is 5.38. The van der Waals surface area contributed by atoms with E-state index in [9.17, 15) is 4.39 Å². The Morgan fingerprint density at radius 3 is 2.86 bits per heavy atom. The van der Waals surface area contributed by atoms with E-state index in [1.807, 2.05) is 26.2 Å². The molecule has 0 aliphatic carbocycles. The number of anilines is 1. The lowest BCUT2D eigenvalue weighted by molar-refractivity contribution is 0.606. The van der Waals surface area contributed by atoms with Crippen LogP contribution in [0.5, 0.6) is 0 Å². The first-order valence-corrected chi connectivity index (χ1v) is 6.70. The molecule has 0 aliphatic heterocycles. The summed E-state index contributed by atoms with van der Waals surface area (Å²) in [6.45, 7) is 0. The zero-order chi connectivity index (χ0) is 15.4. The van der Waals surface area contributed by atoms with E-state index in [1.165, 1.54) is 12.4 Å². The Labute approximate surface area is 127 Å². The number of halogens is 1. The number of hydrogen-bond donors (Lipinski definition) is 2. The van der Waals surface area contributed by atoms with Crippen LogP contribution in [0.15, 0.2) is 29.5 Å². The highest BCUT2D eigenvalue weighted by Gasteiger charge is 2.09. The maximum Gasteiger partial charge on any atom is 0.189 e. The van der Waals surface area contributed by atoms with E-state index in [-0.39, 0.29) is 5.82 Å². The van der Waals surface area contributed by atoms with E-state index in [1.54, 1.807) is 18.0 Å². The first-order chi connectivity index (χ1) is 10.0. The minimum atomic E-state index is -0.371. The van der Waals surface area contributed by atoms with E-state index in [0.717, 1.165) is 0 Å². The maximum absolute atomic E-state index is 14.0. The number of benzene rings is 1. The monoisotopic (exact) mass is 305 g/mol. The average Bonchev–Trinajstić information content (AvgIpc) is 2.48. The molecule has 0 aliphatic rings. The minimum Gasteiger partial charge on any atom is -0.388 e. The molecule has 1 aromatic heterocycles. The van der Waals surface area contributed by atoms with Crippen molar-refractivity contribution in [2.45, 2.75) is 0 Å². The third-order valence-corrected chi connectivity index (χ3v) is 3.38. The Bertz CT molecular complexity index is 699. The molecule has 2 aromatic rings. The Morgan fingerprint density at radius 1 is 1.43 bits per heavy atom. The number of nitrogens with zero attached hydrogens (tertiary/aromatic N) is 3. The highest BCUT2D eigenvalue weighted by Crippen LogP contribution is 2.26. The van der Waals surface area contributed by atoms with Gasteiger partial charge in [-0.3, -0.25) is 10.4 Å². The molecule has 0 amide bonds. The van der Waals surface area contributed by atoms with Gasteiger partial charge >= 0.3 is 0 Å². The molecular weight excluding hydrogens is 289 g/mol. The summed E-state index contributed by atoms with van der Waals surface area (Å²) in [6.07, 6.45) is 2.71. The second-order valence-corrected chi connectivity index (χ2v) is 4.93. The average molecular weight is 305 g/mol. The third kappa shape index (κ3) is 3.25. The topological polar surface area (TPSA) is 52.6 Å². The van der Waals surface area contributed by atoms with E-state index in [0.29, 0.717) is 27.3 Å². The second kappa shape index (κ2) is 6.45. The van der Waals surface area contributed by atoms with Crippen molar-refractivity contribution in [2.24, 2.45) is 5.10 Å². The Kier molecular flexibility index (Phi) is 4.64. The minimum absolute atomic E-state index is 0.371. The first-order valence-electron chi connectivity index (χ1n) is 6.30. The van der Waals surface area contributed by atoms with Crippen LogP contribution < -0.4 is 10.7 Å². The molecule has 7 heteroatoms. The molecule has 2 rings (SSSR count). The van der Waals surface area contributed by atoms with Crippen molar-refractivity contribution < 1.29 is 4.39 Å². The highest BCUT2D eigenvalue weighted by atomic mass is 32.1. The quantitative estimate of drug-likeness (QED) is 0.517. The van der Waals surface area contributed by atoms with Crippen LogP contribution in [0.4, 0.5) is 10.1 Å². The van der Waals surface area contributed by atoms with Gasteiger partial charge in [0.05, 0.1) is 18.1 Å². The van der Waals surface area contributed by atoms with Crippen molar-refractivity contribution in [3.63, 3.8) is 0 Å². The number of hydrazone groups is 1. The summed E-state index contributed by atoms with van der Waals surface area (Å²) < 4.78 is 14.0. The number of hydrogen-bond acceptors (Lipinski definition) is 4. The second-order valence-electron chi connectivity index (χ2n) is 4.54. The predicted octanol–water partition coefficient (Wildman–Crippen LogP) is 2.19. The maximum atomic E-state index is 14.0. The Hall–Kier alpha value is -2.28. The van der Waals surface area contributed by atoms with Gasteiger partial charge in [0, 0.05) is 37.6 Å². The molecule has 0 atom stereocenters. The van der Waals surface area contributed by atoms with Crippen molar-refractivity contribution in [2.75, 3.05) is 26.5 Å². The van der Waals surface area contributed by atoms with E-state index in [2.05, 4.69) is 20.8 Å². The van der Waals surface area contributed by atoms with Gasteiger partial charge < -0.3 is 10.2 Å². The Balaban J connectivity index is 2.40. The van der Waals surface area contributed by atoms with Crippen LogP contribution in [0.2, 0.25) is 0 Å². The van der Waals surface area contributed by atoms with Crippen LogP contribution in [-0.4, -0.2) is 42.4 Å². The number of nitrogens with one attached hydrogen (secondary N) is 2. The molecule has 2 N–H and O–H groups in total. The SMILES string of the molecule is CNc1cccc2c(/C=N\NC(=S)N(C)C)ncc(F)c12. The normalized spacial score (nSPS) is 10.9. The van der Waals surface area contributed by atoms with Gasteiger partial charge in [0.15, 0.2) is 10.9 Å². The largest absolute Gasteiger partial charge is 0.388 e. The standard InChI is InChI=1S/C14H16FN5S/c1-16-11-6-4-5-9-12(17-7-10(15)13(9)11)8-18-19-14(21)20(2)3/h4-8,16H,1-3H3,(H,19,21)/b18-8-. The van der Waals surface area contributed by atoms with Crippen molar-refractivity contribution in [1.29, 1.82) is 0 Å². The van der Waals surface area contributed by atoms with Crippen molar-refractivity contribution >= 4 is 40.0 Å². The van der Waals surface area contributed by atoms with Gasteiger partial charge in [0.2, 0.25) is 0 Å². The molecule has 0 fully saturated rings. The van der Waals surface area contributed by atoms with Crippen molar-refractivity contribution in [1.82, 2.24) is 15.3 Å². The molecular formula is C14H16FN5S. The lowest BCUT2D eigenvalue weighted by atomic mass is 10.1. The van der Waals surface area contributed by atoms with Crippen molar-refractivity contribution in [3.8, 4) is 0 Å². The summed E-state index contributed by atoms with van der Waals surface area (Å²) in [5.74, 6) is -0.371. The van der Waals surface area contributed by atoms with Gasteiger partial charge in [0.25, 0.3) is 0 Å². The van der Waals surface area contributed by atoms with Gasteiger partial charge in [-0.15, -0.1) is 0 Å². The number of aromatic nitrogens is 1. The molecule has 0 spiro atoms. The smallest absolute Gasteiger partial charge is 0.189 e. The molecule has 0 unspecified atom stereocenters. The summed E-state index contributed by atoms with van der Waals surface area (Å²) in [6, 6.07) is 5.45. The third-order valence-electron chi connectivity index (χ3n) is 2.92. The van der Waals surface area contributed by atoms with Gasteiger partial charge in [0.1, 0.15) is 0 Å². The van der Waals surface area contributed by atoms with Gasteiger partial charge in [-0.25, -0.2) is 4.39 Å². The number of pyridine rings is 1. The molecule has 0 saturated carbocycles. The fraction of sp³-hybridized carbons (Fsp3) is 0.214. The van der Waals surface area contributed by atoms with E-state index < -0.39 is 0 Å². The van der Waals surface area contributed by atoms with Crippen LogP contribution >= 0.6 is 12.2 Å². The zero-order valence-corrected chi connectivity index (χ0v) is 12.8. The molecule has 0 saturated heterocycles. The fourth-order valence-electron chi connectivity index (χ4n) is 1.84. The lowest BCUT2D eigenvalue weighted by Crippen LogP contribution is -2.30. The number of rotatable bonds is 3. The Morgan fingerprint density at radius 2 is 2.19 bits per heavy atom. The highest BCUT2D eigenvalue weighted by molar-refractivity contribution is 7.80. The van der Waals surface area contributed by atoms with Gasteiger partial charge in [-0.1, -0.05) is 12.1 Å². The van der Waals surface area contributed by atoms with Crippen LogP contribution in [0, 0.1) is 5.82 Å². The van der Waals surface area contributed by atoms with Crippen LogP contribution in [0.25, 0.3) is 10.8 Å². The number of fused-ring (bicyclic) bond motifs is 1. The molecule has 5 nitrogen and oxygen atoms in total. The van der Waals surface area contributed by atoms with Crippen LogP contribution in [-0.2, 0) is 0 Å². The molecule has 21 heavy (non-hydrogen) atoms. The van der Waals surface area contributed by atoms with Crippen LogP contribution in [0.3, 0.4) is 0 Å². The molecule has 110 valence electrons. The van der Waals surface area contributed by atoms with Gasteiger partial charge in [-0.05, 0) is 18.3 Å². The summed E-state index contributed by atoms with van der Waals surface area (Å²) in [5, 5.41) is 8.66. The van der Waals surface area contributed by atoms with Gasteiger partial charge in [-0.2, -0.15) is 5.10 Å².